The number of methoxy groups -OCH3 is 1. The zero-order chi connectivity index (χ0) is 13.9. The Hall–Kier alpha value is -1.06. The molecule has 1 aromatic rings. The van der Waals surface area contributed by atoms with Gasteiger partial charge in [0.1, 0.15) is 5.75 Å². The molecule has 1 aliphatic rings. The maximum Gasteiger partial charge on any atom is 0.122 e. The van der Waals surface area contributed by atoms with Gasteiger partial charge in [-0.2, -0.15) is 0 Å². The van der Waals surface area contributed by atoms with E-state index in [1.54, 1.807) is 7.11 Å². The van der Waals surface area contributed by atoms with Crippen molar-refractivity contribution in [3.05, 3.63) is 29.3 Å². The predicted molar refractivity (Wildman–Crippen MR) is 77.8 cm³/mol. The standard InChI is InChI=1S/C16H25NO2/c1-12(2)14-9-13(5-6-15(14)19-3)10-16(18)7-4-8-17-11-16/h5-6,9,12,17-18H,4,7-8,10-11H2,1-3H3. The topological polar surface area (TPSA) is 41.5 Å². The van der Waals surface area contributed by atoms with Gasteiger partial charge >= 0.3 is 0 Å². The largest absolute Gasteiger partial charge is 0.496 e. The molecule has 0 saturated carbocycles. The van der Waals surface area contributed by atoms with Gasteiger partial charge in [-0.1, -0.05) is 26.0 Å². The van der Waals surface area contributed by atoms with Crippen molar-refractivity contribution in [2.75, 3.05) is 20.2 Å². The number of hydrogen-bond donors (Lipinski definition) is 2. The molecule has 1 saturated heterocycles. The molecule has 1 aromatic carbocycles. The summed E-state index contributed by atoms with van der Waals surface area (Å²) in [6.07, 6.45) is 2.64. The highest BCUT2D eigenvalue weighted by atomic mass is 16.5. The molecular formula is C16H25NO2. The van der Waals surface area contributed by atoms with Crippen LogP contribution in [0.3, 0.4) is 0 Å². The van der Waals surface area contributed by atoms with Crippen LogP contribution in [0.4, 0.5) is 0 Å². The maximum atomic E-state index is 10.6. The smallest absolute Gasteiger partial charge is 0.122 e. The van der Waals surface area contributed by atoms with Crippen LogP contribution in [0.15, 0.2) is 18.2 Å². The Kier molecular flexibility index (Phi) is 4.48. The molecule has 1 unspecified atom stereocenters. The molecule has 0 aliphatic carbocycles. The fourth-order valence-corrected chi connectivity index (χ4v) is 2.83. The number of rotatable bonds is 4. The van der Waals surface area contributed by atoms with E-state index >= 15 is 0 Å². The first-order valence-corrected chi connectivity index (χ1v) is 7.14. The van der Waals surface area contributed by atoms with Crippen LogP contribution in [0, 0.1) is 0 Å². The van der Waals surface area contributed by atoms with Crippen molar-refractivity contribution < 1.29 is 9.84 Å². The Labute approximate surface area is 116 Å². The Morgan fingerprint density at radius 1 is 1.42 bits per heavy atom. The third kappa shape index (κ3) is 3.48. The lowest BCUT2D eigenvalue weighted by Crippen LogP contribution is -2.47. The van der Waals surface area contributed by atoms with Gasteiger partial charge in [0.2, 0.25) is 0 Å². The fourth-order valence-electron chi connectivity index (χ4n) is 2.83. The van der Waals surface area contributed by atoms with Gasteiger partial charge in [0.25, 0.3) is 0 Å². The van der Waals surface area contributed by atoms with E-state index in [-0.39, 0.29) is 0 Å². The predicted octanol–water partition coefficient (Wildman–Crippen LogP) is 2.48. The molecule has 106 valence electrons. The second-order valence-corrected chi connectivity index (χ2v) is 5.91. The van der Waals surface area contributed by atoms with Gasteiger partial charge in [-0.05, 0) is 42.5 Å². The molecular weight excluding hydrogens is 238 g/mol. The minimum atomic E-state index is -0.596. The van der Waals surface area contributed by atoms with Crippen LogP contribution >= 0.6 is 0 Å². The van der Waals surface area contributed by atoms with Gasteiger partial charge in [0, 0.05) is 13.0 Å². The van der Waals surface area contributed by atoms with Crippen molar-refractivity contribution in [2.45, 2.75) is 44.6 Å². The van der Waals surface area contributed by atoms with Crippen molar-refractivity contribution in [1.29, 1.82) is 0 Å². The molecule has 19 heavy (non-hydrogen) atoms. The molecule has 1 atom stereocenters. The van der Waals surface area contributed by atoms with Crippen molar-refractivity contribution in [3.8, 4) is 5.75 Å². The SMILES string of the molecule is COc1ccc(CC2(O)CCCNC2)cc1C(C)C. The van der Waals surface area contributed by atoms with Crippen molar-refractivity contribution in [3.63, 3.8) is 0 Å². The van der Waals surface area contributed by atoms with E-state index in [4.69, 9.17) is 4.74 Å². The van der Waals surface area contributed by atoms with Crippen LogP contribution in [0.1, 0.15) is 43.7 Å². The summed E-state index contributed by atoms with van der Waals surface area (Å²) >= 11 is 0. The summed E-state index contributed by atoms with van der Waals surface area (Å²) in [5, 5.41) is 13.9. The van der Waals surface area contributed by atoms with Crippen LogP contribution in [0.5, 0.6) is 5.75 Å². The van der Waals surface area contributed by atoms with Gasteiger partial charge < -0.3 is 15.2 Å². The molecule has 1 fully saturated rings. The van der Waals surface area contributed by atoms with E-state index in [9.17, 15) is 5.11 Å². The monoisotopic (exact) mass is 263 g/mol. The first-order valence-electron chi connectivity index (χ1n) is 7.14. The number of piperidine rings is 1. The maximum absolute atomic E-state index is 10.6. The zero-order valence-electron chi connectivity index (χ0n) is 12.2. The van der Waals surface area contributed by atoms with Crippen LogP contribution in [0.2, 0.25) is 0 Å². The Bertz CT molecular complexity index is 423. The molecule has 2 N–H and O–H groups in total. The summed E-state index contributed by atoms with van der Waals surface area (Å²) in [6.45, 7) is 6.04. The molecule has 1 heterocycles. The third-order valence-corrected chi connectivity index (χ3v) is 3.90. The molecule has 3 nitrogen and oxygen atoms in total. The minimum absolute atomic E-state index is 0.425. The lowest BCUT2D eigenvalue weighted by atomic mass is 9.86. The van der Waals surface area contributed by atoms with E-state index in [1.807, 2.05) is 6.07 Å². The Morgan fingerprint density at radius 3 is 2.79 bits per heavy atom. The molecule has 3 heteroatoms. The molecule has 2 rings (SSSR count). The van der Waals surface area contributed by atoms with Crippen LogP contribution < -0.4 is 10.1 Å². The molecule has 0 bridgehead atoms. The van der Waals surface area contributed by atoms with E-state index in [0.29, 0.717) is 18.9 Å². The zero-order valence-corrected chi connectivity index (χ0v) is 12.2. The lowest BCUT2D eigenvalue weighted by molar-refractivity contribution is 0.0169. The molecule has 0 radical (unpaired) electrons. The van der Waals surface area contributed by atoms with Gasteiger partial charge in [0.05, 0.1) is 12.7 Å². The number of aliphatic hydroxyl groups is 1. The summed E-state index contributed by atoms with van der Waals surface area (Å²) in [7, 11) is 1.71. The van der Waals surface area contributed by atoms with E-state index in [1.165, 1.54) is 11.1 Å². The summed E-state index contributed by atoms with van der Waals surface area (Å²) in [5.74, 6) is 1.36. The number of β-amino-alcohol motifs (C(OH)–C–C–N with tert-alkyl or cyclic N) is 1. The highest BCUT2D eigenvalue weighted by molar-refractivity contribution is 5.39. The second kappa shape index (κ2) is 5.93. The summed E-state index contributed by atoms with van der Waals surface area (Å²) in [4.78, 5) is 0. The van der Waals surface area contributed by atoms with Crippen LogP contribution in [-0.2, 0) is 6.42 Å². The summed E-state index contributed by atoms with van der Waals surface area (Å²) in [6, 6.07) is 6.26. The van der Waals surface area contributed by atoms with Gasteiger partial charge in [-0.25, -0.2) is 0 Å². The molecule has 1 aliphatic heterocycles. The van der Waals surface area contributed by atoms with Gasteiger partial charge in [-0.15, -0.1) is 0 Å². The van der Waals surface area contributed by atoms with E-state index in [0.717, 1.165) is 25.1 Å². The normalized spacial score (nSPS) is 23.6. The summed E-state index contributed by atoms with van der Waals surface area (Å²) < 4.78 is 5.40. The highest BCUT2D eigenvalue weighted by Gasteiger charge is 2.29. The van der Waals surface area contributed by atoms with E-state index < -0.39 is 5.60 Å². The molecule has 0 aromatic heterocycles. The highest BCUT2D eigenvalue weighted by Crippen LogP contribution is 2.29. The fraction of sp³-hybridized carbons (Fsp3) is 0.625. The summed E-state index contributed by atoms with van der Waals surface area (Å²) in [5.41, 5.74) is 1.81. The van der Waals surface area contributed by atoms with E-state index in [2.05, 4.69) is 31.3 Å². The first kappa shape index (κ1) is 14.4. The quantitative estimate of drug-likeness (QED) is 0.877. The molecule has 0 amide bonds. The first-order chi connectivity index (χ1) is 9.04. The average molecular weight is 263 g/mol. The van der Waals surface area contributed by atoms with Crippen molar-refractivity contribution in [2.24, 2.45) is 0 Å². The van der Waals surface area contributed by atoms with Crippen molar-refractivity contribution >= 4 is 0 Å². The number of nitrogens with one attached hydrogen (secondary N) is 1. The van der Waals surface area contributed by atoms with Crippen LogP contribution in [0.25, 0.3) is 0 Å². The van der Waals surface area contributed by atoms with Crippen LogP contribution in [-0.4, -0.2) is 30.9 Å². The second-order valence-electron chi connectivity index (χ2n) is 5.91. The van der Waals surface area contributed by atoms with Crippen molar-refractivity contribution in [1.82, 2.24) is 5.32 Å². The number of ether oxygens (including phenoxy) is 1. The molecule has 0 spiro atoms. The van der Waals surface area contributed by atoms with Gasteiger partial charge in [-0.3, -0.25) is 0 Å². The van der Waals surface area contributed by atoms with Gasteiger partial charge in [0.15, 0.2) is 0 Å². The number of hydrogen-bond acceptors (Lipinski definition) is 3. The lowest BCUT2D eigenvalue weighted by Gasteiger charge is -2.33. The number of benzene rings is 1. The minimum Gasteiger partial charge on any atom is -0.496 e. The Balaban J connectivity index is 2.18. The average Bonchev–Trinajstić information content (AvgIpc) is 2.39. The Morgan fingerprint density at radius 2 is 2.21 bits per heavy atom. The third-order valence-electron chi connectivity index (χ3n) is 3.90.